The molecule has 0 aliphatic carbocycles. The Morgan fingerprint density at radius 1 is 0.977 bits per heavy atom. The molecular formula is C33H32N2O7S. The first kappa shape index (κ1) is 28.5. The summed E-state index contributed by atoms with van der Waals surface area (Å²) >= 11 is 1.28. The summed E-state index contributed by atoms with van der Waals surface area (Å²) in [4.78, 5) is 33.7. The standard InChI is InChI=1S/C33H32N2O7S/c1-5-39-22-10-11-23-27(17-22)43-33(34-23)35-29(19-8-13-25(40-6-2)26(16-19)41-7-3)28(31(37)32(35)38)30(36)20-9-12-24-21(15-20)14-18(4)42-24/h8-13,15-18,29,36H,5-7,14H2,1-4H3/b30-28-. The first-order valence-electron chi connectivity index (χ1n) is 14.4. The van der Waals surface area contributed by atoms with E-state index in [0.717, 1.165) is 16.0 Å². The van der Waals surface area contributed by atoms with Gasteiger partial charge in [-0.2, -0.15) is 0 Å². The maximum atomic E-state index is 13.8. The Labute approximate surface area is 253 Å². The number of aromatic nitrogens is 1. The third-order valence-electron chi connectivity index (χ3n) is 7.36. The Hall–Kier alpha value is -4.57. The summed E-state index contributed by atoms with van der Waals surface area (Å²) in [5, 5.41) is 12.0. The van der Waals surface area contributed by atoms with Crippen molar-refractivity contribution < 1.29 is 33.6 Å². The second-order valence-corrected chi connectivity index (χ2v) is 11.3. The van der Waals surface area contributed by atoms with Crippen molar-refractivity contribution >= 4 is 44.1 Å². The number of benzene rings is 3. The molecule has 1 saturated heterocycles. The molecule has 2 unspecified atom stereocenters. The van der Waals surface area contributed by atoms with Crippen molar-refractivity contribution in [3.05, 3.63) is 76.9 Å². The van der Waals surface area contributed by atoms with E-state index < -0.39 is 17.7 Å². The van der Waals surface area contributed by atoms with Crippen molar-refractivity contribution in [1.29, 1.82) is 0 Å². The summed E-state index contributed by atoms with van der Waals surface area (Å²) in [6.07, 6.45) is 0.696. The molecule has 1 fully saturated rings. The third-order valence-corrected chi connectivity index (χ3v) is 8.38. The maximum Gasteiger partial charge on any atom is 0.301 e. The van der Waals surface area contributed by atoms with Crippen LogP contribution in [-0.2, 0) is 16.0 Å². The number of thiazole rings is 1. The molecule has 4 aromatic rings. The number of aliphatic hydroxyl groups excluding tert-OH is 1. The molecule has 0 radical (unpaired) electrons. The molecule has 2 atom stereocenters. The van der Waals surface area contributed by atoms with Crippen molar-refractivity contribution in [2.45, 2.75) is 46.3 Å². The average molecular weight is 601 g/mol. The van der Waals surface area contributed by atoms with Crippen LogP contribution >= 0.6 is 11.3 Å². The van der Waals surface area contributed by atoms with E-state index in [-0.39, 0.29) is 17.4 Å². The van der Waals surface area contributed by atoms with Gasteiger partial charge in [0.2, 0.25) is 0 Å². The van der Waals surface area contributed by atoms with Gasteiger partial charge in [0.25, 0.3) is 5.78 Å². The number of Topliss-reactive ketones (excluding diaryl/α,β-unsaturated/α-hetero) is 1. The minimum Gasteiger partial charge on any atom is -0.507 e. The van der Waals surface area contributed by atoms with Crippen LogP contribution in [0.4, 0.5) is 5.13 Å². The fourth-order valence-corrected chi connectivity index (χ4v) is 6.58. The molecule has 2 aliphatic heterocycles. The second-order valence-electron chi connectivity index (χ2n) is 10.3. The van der Waals surface area contributed by atoms with Crippen LogP contribution in [0.25, 0.3) is 16.0 Å². The van der Waals surface area contributed by atoms with Gasteiger partial charge in [0.05, 0.1) is 41.7 Å². The van der Waals surface area contributed by atoms with E-state index in [1.54, 1.807) is 30.3 Å². The number of ether oxygens (including phenoxy) is 4. The topological polar surface area (TPSA) is 107 Å². The van der Waals surface area contributed by atoms with Gasteiger partial charge in [-0.25, -0.2) is 4.98 Å². The monoisotopic (exact) mass is 600 g/mol. The number of carbonyl (C=O) groups excluding carboxylic acids is 2. The minimum atomic E-state index is -0.967. The van der Waals surface area contributed by atoms with Crippen molar-refractivity contribution in [1.82, 2.24) is 4.98 Å². The highest BCUT2D eigenvalue weighted by Gasteiger charge is 2.48. The molecule has 222 valence electrons. The molecule has 0 bridgehead atoms. The van der Waals surface area contributed by atoms with E-state index in [0.29, 0.717) is 65.3 Å². The molecule has 0 saturated carbocycles. The van der Waals surface area contributed by atoms with E-state index in [9.17, 15) is 14.7 Å². The van der Waals surface area contributed by atoms with Gasteiger partial charge in [-0.1, -0.05) is 17.4 Å². The smallest absolute Gasteiger partial charge is 0.301 e. The summed E-state index contributed by atoms with van der Waals surface area (Å²) in [6, 6.07) is 15.1. The number of aliphatic hydroxyl groups is 1. The lowest BCUT2D eigenvalue weighted by atomic mass is 9.94. The highest BCUT2D eigenvalue weighted by atomic mass is 32.1. The van der Waals surface area contributed by atoms with Crippen LogP contribution in [0.2, 0.25) is 0 Å². The fourth-order valence-electron chi connectivity index (χ4n) is 5.56. The molecule has 1 N–H and O–H groups in total. The molecule has 1 amide bonds. The first-order chi connectivity index (χ1) is 20.8. The summed E-state index contributed by atoms with van der Waals surface area (Å²) < 4.78 is 23.9. The van der Waals surface area contributed by atoms with Crippen molar-refractivity contribution in [2.75, 3.05) is 24.7 Å². The van der Waals surface area contributed by atoms with Crippen molar-refractivity contribution in [3.8, 4) is 23.0 Å². The number of rotatable bonds is 9. The second kappa shape index (κ2) is 11.6. The number of fused-ring (bicyclic) bond motifs is 2. The lowest BCUT2D eigenvalue weighted by Gasteiger charge is -2.24. The summed E-state index contributed by atoms with van der Waals surface area (Å²) in [5.74, 6) is 0.610. The van der Waals surface area contributed by atoms with Crippen LogP contribution in [-0.4, -0.2) is 47.7 Å². The van der Waals surface area contributed by atoms with Gasteiger partial charge in [-0.15, -0.1) is 0 Å². The van der Waals surface area contributed by atoms with Gasteiger partial charge in [-0.05, 0) is 87.4 Å². The summed E-state index contributed by atoms with van der Waals surface area (Å²) in [5.41, 5.74) is 2.57. The van der Waals surface area contributed by atoms with E-state index in [2.05, 4.69) is 0 Å². The van der Waals surface area contributed by atoms with Gasteiger partial charge >= 0.3 is 5.91 Å². The number of amides is 1. The van der Waals surface area contributed by atoms with Crippen LogP contribution in [0.15, 0.2) is 60.2 Å². The van der Waals surface area contributed by atoms with E-state index in [4.69, 9.17) is 23.9 Å². The highest BCUT2D eigenvalue weighted by molar-refractivity contribution is 7.22. The molecule has 43 heavy (non-hydrogen) atoms. The Balaban J connectivity index is 1.53. The molecule has 2 aliphatic rings. The Kier molecular flexibility index (Phi) is 7.70. The number of hydrogen-bond acceptors (Lipinski definition) is 9. The van der Waals surface area contributed by atoms with Crippen LogP contribution in [0.3, 0.4) is 0 Å². The quantitative estimate of drug-likeness (QED) is 0.133. The molecule has 3 aromatic carbocycles. The molecule has 10 heteroatoms. The average Bonchev–Trinajstić information content (AvgIpc) is 3.66. The fraction of sp³-hybridized carbons (Fsp3) is 0.303. The SMILES string of the molecule is CCOc1ccc2nc(N3C(=O)C(=O)/C(=C(\O)c4ccc5c(c4)CC(C)O5)C3c3ccc(OCC)c(OCC)c3)sc2c1. The normalized spacial score (nSPS) is 19.0. The number of carbonyl (C=O) groups is 2. The zero-order valence-corrected chi connectivity index (χ0v) is 25.2. The molecular weight excluding hydrogens is 568 g/mol. The van der Waals surface area contributed by atoms with Crippen molar-refractivity contribution in [3.63, 3.8) is 0 Å². The number of nitrogens with zero attached hydrogens (tertiary/aromatic N) is 2. The van der Waals surface area contributed by atoms with E-state index >= 15 is 0 Å². The predicted molar refractivity (Wildman–Crippen MR) is 165 cm³/mol. The zero-order valence-electron chi connectivity index (χ0n) is 24.4. The van der Waals surface area contributed by atoms with Gasteiger partial charge in [0, 0.05) is 12.0 Å². The minimum absolute atomic E-state index is 0.0149. The van der Waals surface area contributed by atoms with E-state index in [1.807, 2.05) is 52.0 Å². The highest BCUT2D eigenvalue weighted by Crippen LogP contribution is 2.46. The third kappa shape index (κ3) is 5.16. The Bertz CT molecular complexity index is 1760. The number of hydrogen-bond donors (Lipinski definition) is 1. The predicted octanol–water partition coefficient (Wildman–Crippen LogP) is 6.44. The van der Waals surface area contributed by atoms with Gasteiger partial charge < -0.3 is 24.1 Å². The van der Waals surface area contributed by atoms with Crippen LogP contribution in [0, 0.1) is 0 Å². The van der Waals surface area contributed by atoms with E-state index in [1.165, 1.54) is 16.2 Å². The van der Waals surface area contributed by atoms with Crippen molar-refractivity contribution in [2.24, 2.45) is 0 Å². The molecule has 9 nitrogen and oxygen atoms in total. The largest absolute Gasteiger partial charge is 0.507 e. The molecule has 0 spiro atoms. The first-order valence-corrected chi connectivity index (χ1v) is 15.2. The molecule has 3 heterocycles. The molecule has 6 rings (SSSR count). The maximum absolute atomic E-state index is 13.8. The van der Waals surface area contributed by atoms with Crippen LogP contribution in [0.1, 0.15) is 50.4 Å². The van der Waals surface area contributed by atoms with Gasteiger partial charge in [0.1, 0.15) is 23.4 Å². The summed E-state index contributed by atoms with van der Waals surface area (Å²) in [7, 11) is 0. The molecule has 1 aromatic heterocycles. The summed E-state index contributed by atoms with van der Waals surface area (Å²) in [6.45, 7) is 8.97. The van der Waals surface area contributed by atoms with Crippen LogP contribution in [0.5, 0.6) is 23.0 Å². The number of ketones is 1. The van der Waals surface area contributed by atoms with Crippen LogP contribution < -0.4 is 23.8 Å². The Morgan fingerprint density at radius 2 is 1.74 bits per heavy atom. The van der Waals surface area contributed by atoms with Gasteiger partial charge in [-0.3, -0.25) is 14.5 Å². The Morgan fingerprint density at radius 3 is 2.51 bits per heavy atom. The lowest BCUT2D eigenvalue weighted by molar-refractivity contribution is -0.132. The lowest BCUT2D eigenvalue weighted by Crippen LogP contribution is -2.29. The van der Waals surface area contributed by atoms with Gasteiger partial charge in [0.15, 0.2) is 16.6 Å². The zero-order chi connectivity index (χ0) is 30.2. The number of anilines is 1.